The van der Waals surface area contributed by atoms with Gasteiger partial charge in [0, 0.05) is 64.7 Å². The number of fused-ring (bicyclic) bond motifs is 2. The second-order valence-corrected chi connectivity index (χ2v) is 21.5. The third-order valence-electron chi connectivity index (χ3n) is 15.9. The zero-order valence-electron chi connectivity index (χ0n) is 44.1. The molecule has 20 atom stereocenters. The van der Waals surface area contributed by atoms with Crippen LogP contribution in [0.4, 0.5) is 0 Å². The Hall–Kier alpha value is -3.33. The first-order chi connectivity index (χ1) is 33.6. The Balaban J connectivity index is 1.15. The van der Waals surface area contributed by atoms with Crippen LogP contribution in [0.1, 0.15) is 115 Å². The van der Waals surface area contributed by atoms with Gasteiger partial charge in [0.15, 0.2) is 23.9 Å². The molecule has 71 heavy (non-hydrogen) atoms. The number of aliphatic hydroxyl groups excluding tert-OH is 1. The highest BCUT2D eigenvalue weighted by atomic mass is 16.7. The van der Waals surface area contributed by atoms with Crippen LogP contribution in [-0.4, -0.2) is 152 Å². The SMILES string of the molecule is CCC(C)[C@H]1O[C@]2(C=C[C@@H]1C)C[C@@H]1C[C@@H](CC=C(C)[C@@H](O[C@H]3C[C@H](OC)[C@@H](O[C@H]4C[C@H](OC)[C@](NC(C)=O)(C(=O)NC(C)C)[C@H](C)O4)[C@H](C)O3)C(C)C=CC=C3CO[C@@H]4[C@H](O)C(C)=C[C@@H](C(=O)O1)[C@]34O)O2. The van der Waals surface area contributed by atoms with Gasteiger partial charge in [-0.05, 0) is 76.7 Å². The minimum absolute atomic E-state index is 0.00695. The van der Waals surface area contributed by atoms with E-state index < -0.39 is 114 Å². The zero-order chi connectivity index (χ0) is 51.7. The second-order valence-electron chi connectivity index (χ2n) is 21.5. The van der Waals surface area contributed by atoms with Crippen molar-refractivity contribution in [2.24, 2.45) is 23.7 Å². The standard InChI is InChI=1S/C54H82N2O15/c1-14-29(4)47-32(7)20-21-52(71-47)26-39-23-38(70-52)19-18-31(6)46(30(5)16-15-17-37-27-64-49-45(58)33(8)22-40(50(59)67-39)54(37,49)61)68-43-24-41(62-12)48(34(9)65-43)69-44-25-42(63-13)53(35(10)66-44,56-36(11)57)51(60)55-28(2)3/h15-18,20-22,28-30,32,34-35,38-49,58,61H,14,19,23-27H2,1-13H3,(H,55,60)(H,56,57)/t29?,30?,32-,34-,35-,38+,39-,40-,41-,42-,43-,44-,45+,46-,47+,48-,49+,52+,53-,54+/m0/s1. The van der Waals surface area contributed by atoms with Crippen LogP contribution in [0, 0.1) is 23.7 Å². The molecule has 4 fully saturated rings. The van der Waals surface area contributed by atoms with Crippen molar-refractivity contribution in [3.05, 3.63) is 59.3 Å². The number of nitrogens with one attached hydrogen (secondary N) is 2. The molecule has 2 bridgehead atoms. The first kappa shape index (κ1) is 55.4. The summed E-state index contributed by atoms with van der Waals surface area (Å²) >= 11 is 0. The van der Waals surface area contributed by atoms with Gasteiger partial charge in [0.2, 0.25) is 5.91 Å². The molecule has 7 rings (SSSR count). The van der Waals surface area contributed by atoms with E-state index in [2.05, 4.69) is 43.6 Å². The number of rotatable bonds is 11. The quantitative estimate of drug-likeness (QED) is 0.151. The summed E-state index contributed by atoms with van der Waals surface area (Å²) in [6.45, 7) is 20.9. The molecule has 0 aromatic heterocycles. The molecule has 2 unspecified atom stereocenters. The predicted octanol–water partition coefficient (Wildman–Crippen LogP) is 5.42. The molecule has 2 amide bonds. The number of methoxy groups -OCH3 is 2. The molecule has 398 valence electrons. The van der Waals surface area contributed by atoms with Crippen molar-refractivity contribution >= 4 is 17.8 Å². The van der Waals surface area contributed by atoms with E-state index in [1.807, 2.05) is 52.8 Å². The topological polar surface area (TPSA) is 208 Å². The number of hydrogen-bond acceptors (Lipinski definition) is 15. The van der Waals surface area contributed by atoms with Gasteiger partial charge in [-0.15, -0.1) is 0 Å². The molecule has 0 saturated carbocycles. The van der Waals surface area contributed by atoms with Crippen LogP contribution in [0.15, 0.2) is 59.3 Å². The first-order valence-electron chi connectivity index (χ1n) is 25.9. The van der Waals surface area contributed by atoms with Gasteiger partial charge >= 0.3 is 5.97 Å². The summed E-state index contributed by atoms with van der Waals surface area (Å²) in [6.07, 6.45) is 7.20. The molecular formula is C54H82N2O15. The van der Waals surface area contributed by atoms with Crippen molar-refractivity contribution in [2.45, 2.75) is 217 Å². The Morgan fingerprint density at radius 3 is 2.34 bits per heavy atom. The molecule has 0 aromatic carbocycles. The summed E-state index contributed by atoms with van der Waals surface area (Å²) in [4.78, 5) is 40.7. The third-order valence-corrected chi connectivity index (χ3v) is 15.9. The van der Waals surface area contributed by atoms with E-state index in [4.69, 9.17) is 47.4 Å². The summed E-state index contributed by atoms with van der Waals surface area (Å²) < 4.78 is 64.9. The first-order valence-corrected chi connectivity index (χ1v) is 25.9. The van der Waals surface area contributed by atoms with Crippen LogP contribution >= 0.6 is 0 Å². The summed E-state index contributed by atoms with van der Waals surface area (Å²) in [6, 6.07) is -0.194. The van der Waals surface area contributed by atoms with Gasteiger partial charge in [0.1, 0.15) is 35.9 Å². The van der Waals surface area contributed by atoms with Crippen molar-refractivity contribution in [1.29, 1.82) is 0 Å². The number of carbonyl (C=O) groups is 3. The van der Waals surface area contributed by atoms with E-state index in [9.17, 15) is 24.6 Å². The van der Waals surface area contributed by atoms with E-state index in [1.165, 1.54) is 14.0 Å². The van der Waals surface area contributed by atoms with Crippen LogP contribution < -0.4 is 10.6 Å². The highest BCUT2D eigenvalue weighted by Crippen LogP contribution is 2.47. The number of carbonyl (C=O) groups excluding carboxylic acids is 3. The average Bonchev–Trinajstić information content (AvgIpc) is 3.65. The third kappa shape index (κ3) is 11.4. The fourth-order valence-electron chi connectivity index (χ4n) is 11.9. The van der Waals surface area contributed by atoms with E-state index in [-0.39, 0.29) is 49.3 Å². The van der Waals surface area contributed by atoms with E-state index >= 15 is 0 Å². The lowest BCUT2D eigenvalue weighted by molar-refractivity contribution is -0.316. The molecule has 4 N–H and O–H groups in total. The largest absolute Gasteiger partial charge is 0.462 e. The molecule has 17 nitrogen and oxygen atoms in total. The molecule has 0 aromatic rings. The Morgan fingerprint density at radius 1 is 0.930 bits per heavy atom. The van der Waals surface area contributed by atoms with Crippen LogP contribution in [0.2, 0.25) is 0 Å². The normalized spacial score (nSPS) is 43.4. The fraction of sp³-hybridized carbons (Fsp3) is 0.759. The van der Waals surface area contributed by atoms with Crippen LogP contribution in [-0.2, 0) is 61.8 Å². The molecule has 6 heterocycles. The monoisotopic (exact) mass is 999 g/mol. The Bertz CT molecular complexity index is 2070. The average molecular weight is 999 g/mol. The number of hydrogen-bond donors (Lipinski definition) is 4. The summed E-state index contributed by atoms with van der Waals surface area (Å²) in [5.41, 5.74) is -1.48. The van der Waals surface area contributed by atoms with Gasteiger partial charge in [0.25, 0.3) is 5.91 Å². The number of ether oxygens (including phenoxy) is 10. The fourth-order valence-corrected chi connectivity index (χ4v) is 11.9. The highest BCUT2D eigenvalue weighted by molar-refractivity contribution is 5.92. The van der Waals surface area contributed by atoms with E-state index in [0.29, 0.717) is 30.4 Å². The second kappa shape index (κ2) is 22.6. The molecule has 17 heteroatoms. The van der Waals surface area contributed by atoms with Gasteiger partial charge in [-0.3, -0.25) is 14.4 Å². The minimum atomic E-state index is -1.87. The lowest BCUT2D eigenvalue weighted by atomic mass is 9.71. The van der Waals surface area contributed by atoms with Crippen molar-refractivity contribution in [3.63, 3.8) is 0 Å². The zero-order valence-corrected chi connectivity index (χ0v) is 44.1. The lowest BCUT2D eigenvalue weighted by Crippen LogP contribution is -2.74. The molecule has 1 aliphatic carbocycles. The van der Waals surface area contributed by atoms with Crippen molar-refractivity contribution in [2.75, 3.05) is 20.8 Å². The molecule has 7 aliphatic rings. The van der Waals surface area contributed by atoms with E-state index in [0.717, 1.165) is 12.0 Å². The Kier molecular flexibility index (Phi) is 17.7. The van der Waals surface area contributed by atoms with Gasteiger partial charge in [-0.1, -0.05) is 70.6 Å². The number of allylic oxidation sites excluding steroid dienone is 2. The molecule has 4 saturated heterocycles. The van der Waals surface area contributed by atoms with Gasteiger partial charge < -0.3 is 68.2 Å². The minimum Gasteiger partial charge on any atom is -0.462 e. The van der Waals surface area contributed by atoms with Crippen LogP contribution in [0.25, 0.3) is 0 Å². The van der Waals surface area contributed by atoms with Gasteiger partial charge in [0.05, 0.1) is 49.3 Å². The summed E-state index contributed by atoms with van der Waals surface area (Å²) in [5.74, 6) is -3.54. The Labute approximate surface area is 420 Å². The summed E-state index contributed by atoms with van der Waals surface area (Å²) in [5, 5.41) is 29.6. The molecule has 0 radical (unpaired) electrons. The van der Waals surface area contributed by atoms with Crippen molar-refractivity contribution in [3.8, 4) is 0 Å². The van der Waals surface area contributed by atoms with Gasteiger partial charge in [-0.2, -0.15) is 0 Å². The maximum Gasteiger partial charge on any atom is 0.316 e. The number of aliphatic hydroxyl groups is 2. The maximum atomic E-state index is 14.4. The Morgan fingerprint density at radius 2 is 1.66 bits per heavy atom. The lowest BCUT2D eigenvalue weighted by Gasteiger charge is -2.50. The highest BCUT2D eigenvalue weighted by Gasteiger charge is 2.61. The number of esters is 1. The van der Waals surface area contributed by atoms with Gasteiger partial charge in [-0.25, -0.2) is 0 Å². The summed E-state index contributed by atoms with van der Waals surface area (Å²) in [7, 11) is 3.11. The molecule has 6 aliphatic heterocycles. The van der Waals surface area contributed by atoms with Crippen molar-refractivity contribution < 1.29 is 72.0 Å². The van der Waals surface area contributed by atoms with E-state index in [1.54, 1.807) is 33.1 Å². The molecule has 1 spiro atoms. The maximum absolute atomic E-state index is 14.4. The predicted molar refractivity (Wildman–Crippen MR) is 261 cm³/mol. The smallest absolute Gasteiger partial charge is 0.316 e. The van der Waals surface area contributed by atoms with Crippen LogP contribution in [0.3, 0.4) is 0 Å². The molecular weight excluding hydrogens is 917 g/mol. The van der Waals surface area contributed by atoms with Crippen LogP contribution in [0.5, 0.6) is 0 Å². The van der Waals surface area contributed by atoms with Crippen molar-refractivity contribution in [1.82, 2.24) is 10.6 Å². The number of amides is 2.